The van der Waals surface area contributed by atoms with Crippen LogP contribution in [0.5, 0.6) is 0 Å². The smallest absolute Gasteiger partial charge is 0.140 e. The molecule has 74 valence electrons. The Bertz CT molecular complexity index is 169. The maximum Gasteiger partial charge on any atom is 0.140 e. The van der Waals surface area contributed by atoms with Crippen LogP contribution in [0.2, 0.25) is 0 Å². The van der Waals surface area contributed by atoms with Crippen molar-refractivity contribution >= 4 is 10.7 Å². The summed E-state index contributed by atoms with van der Waals surface area (Å²) in [5.74, 6) is 0.361. The van der Waals surface area contributed by atoms with Crippen LogP contribution in [0, 0.1) is 5.41 Å². The normalized spacial score (nSPS) is 12.3. The molecule has 3 heteroatoms. The van der Waals surface area contributed by atoms with Crippen molar-refractivity contribution in [2.24, 2.45) is 5.41 Å². The fourth-order valence-electron chi connectivity index (χ4n) is 1.07. The summed E-state index contributed by atoms with van der Waals surface area (Å²) in [6.45, 7) is 6.63. The lowest BCUT2D eigenvalue weighted by Gasteiger charge is -2.17. The summed E-state index contributed by atoms with van der Waals surface area (Å²) in [6, 6.07) is 0. The molecule has 0 amide bonds. The van der Waals surface area contributed by atoms with Gasteiger partial charge in [0.2, 0.25) is 0 Å². The minimum Gasteiger partial charge on any atom is -0.232 e. The molecule has 0 saturated heterocycles. The molecule has 0 radical (unpaired) electrons. The quantitative estimate of drug-likeness (QED) is 0.535. The predicted molar refractivity (Wildman–Crippen MR) is 53.1 cm³/mol. The minimum atomic E-state index is -2.15. The lowest BCUT2D eigenvalue weighted by atomic mass is 9.90. The molecule has 0 aromatic rings. The lowest BCUT2D eigenvalue weighted by molar-refractivity contribution is 0.359. The van der Waals surface area contributed by atoms with Crippen molar-refractivity contribution < 1.29 is 8.42 Å². The highest BCUT2D eigenvalue weighted by Crippen LogP contribution is 2.21. The molecule has 0 bridgehead atoms. The standard InChI is InChI=1S/C9H20O2S/c1-9(2,3)7-5-4-6-8-12(10)11/h12H,4-8H2,1-3H3. The Labute approximate surface area is 77.3 Å². The van der Waals surface area contributed by atoms with Crippen molar-refractivity contribution in [2.75, 3.05) is 5.75 Å². The molecule has 0 aromatic carbocycles. The molecular weight excluding hydrogens is 172 g/mol. The van der Waals surface area contributed by atoms with Gasteiger partial charge in [0.05, 0.1) is 0 Å². The molecule has 0 heterocycles. The van der Waals surface area contributed by atoms with E-state index in [4.69, 9.17) is 0 Å². The van der Waals surface area contributed by atoms with Gasteiger partial charge in [-0.2, -0.15) is 0 Å². The molecular formula is C9H20O2S. The van der Waals surface area contributed by atoms with Gasteiger partial charge in [-0.05, 0) is 18.3 Å². The number of hydrogen-bond donors (Lipinski definition) is 1. The Morgan fingerprint density at radius 3 is 2.00 bits per heavy atom. The van der Waals surface area contributed by atoms with E-state index < -0.39 is 10.7 Å². The van der Waals surface area contributed by atoms with Crippen LogP contribution in [0.25, 0.3) is 0 Å². The molecule has 0 aliphatic carbocycles. The van der Waals surface area contributed by atoms with Crippen LogP contribution in [-0.4, -0.2) is 14.2 Å². The van der Waals surface area contributed by atoms with E-state index in [1.807, 2.05) is 0 Å². The van der Waals surface area contributed by atoms with E-state index in [1.54, 1.807) is 0 Å². The van der Waals surface area contributed by atoms with Gasteiger partial charge in [0.25, 0.3) is 0 Å². The number of unbranched alkanes of at least 4 members (excludes halogenated alkanes) is 2. The Morgan fingerprint density at radius 2 is 1.58 bits per heavy atom. The number of hydrogen-bond acceptors (Lipinski definition) is 2. The van der Waals surface area contributed by atoms with Gasteiger partial charge in [-0.3, -0.25) is 0 Å². The molecule has 12 heavy (non-hydrogen) atoms. The van der Waals surface area contributed by atoms with E-state index >= 15 is 0 Å². The Kier molecular flexibility index (Phi) is 5.55. The number of thiol groups is 1. The molecule has 0 aliphatic heterocycles. The van der Waals surface area contributed by atoms with Crippen LogP contribution in [0.4, 0.5) is 0 Å². The Morgan fingerprint density at radius 1 is 1.00 bits per heavy atom. The third-order valence-corrected chi connectivity index (χ3v) is 2.45. The molecule has 0 fully saturated rings. The SMILES string of the molecule is CC(C)(C)CCCCC[SH](=O)=O. The summed E-state index contributed by atoms with van der Waals surface area (Å²) in [6.07, 6.45) is 4.20. The lowest BCUT2D eigenvalue weighted by Crippen LogP contribution is -2.04. The van der Waals surface area contributed by atoms with Crippen LogP contribution >= 0.6 is 0 Å². The van der Waals surface area contributed by atoms with Crippen molar-refractivity contribution in [1.29, 1.82) is 0 Å². The summed E-state index contributed by atoms with van der Waals surface area (Å²) < 4.78 is 20.4. The molecule has 2 nitrogen and oxygen atoms in total. The fourth-order valence-corrected chi connectivity index (χ4v) is 1.55. The molecule has 0 unspecified atom stereocenters. The van der Waals surface area contributed by atoms with Crippen LogP contribution in [-0.2, 0) is 10.7 Å². The highest BCUT2D eigenvalue weighted by Gasteiger charge is 2.08. The topological polar surface area (TPSA) is 34.1 Å². The minimum absolute atomic E-state index is 0.361. The second kappa shape index (κ2) is 5.57. The van der Waals surface area contributed by atoms with Gasteiger partial charge in [0, 0.05) is 5.75 Å². The maximum atomic E-state index is 10.2. The van der Waals surface area contributed by atoms with Crippen LogP contribution < -0.4 is 0 Å². The molecule has 0 N–H and O–H groups in total. The number of rotatable bonds is 5. The first kappa shape index (κ1) is 11.9. The first-order chi connectivity index (χ1) is 5.42. The van der Waals surface area contributed by atoms with E-state index in [0.29, 0.717) is 11.2 Å². The fraction of sp³-hybridized carbons (Fsp3) is 1.00. The van der Waals surface area contributed by atoms with Gasteiger partial charge in [0.1, 0.15) is 10.7 Å². The van der Waals surface area contributed by atoms with E-state index in [2.05, 4.69) is 20.8 Å². The zero-order valence-corrected chi connectivity index (χ0v) is 9.19. The summed E-state index contributed by atoms with van der Waals surface area (Å²) in [5.41, 5.74) is 0.389. The average molecular weight is 192 g/mol. The van der Waals surface area contributed by atoms with Crippen molar-refractivity contribution in [2.45, 2.75) is 46.5 Å². The van der Waals surface area contributed by atoms with Crippen molar-refractivity contribution in [3.05, 3.63) is 0 Å². The molecule has 0 aliphatic rings. The summed E-state index contributed by atoms with van der Waals surface area (Å²) in [7, 11) is -2.15. The van der Waals surface area contributed by atoms with E-state index in [9.17, 15) is 8.42 Å². The van der Waals surface area contributed by atoms with Gasteiger partial charge in [-0.25, -0.2) is 8.42 Å². The summed E-state index contributed by atoms with van der Waals surface area (Å²) >= 11 is 0. The third-order valence-electron chi connectivity index (χ3n) is 1.77. The van der Waals surface area contributed by atoms with Crippen LogP contribution in [0.15, 0.2) is 0 Å². The Hall–Kier alpha value is -0.0500. The van der Waals surface area contributed by atoms with Crippen molar-refractivity contribution in [3.63, 3.8) is 0 Å². The molecule has 0 spiro atoms. The van der Waals surface area contributed by atoms with Gasteiger partial charge in [-0.1, -0.05) is 33.6 Å². The Balaban J connectivity index is 3.22. The predicted octanol–water partition coefficient (Wildman–Crippen LogP) is 2.20. The monoisotopic (exact) mass is 192 g/mol. The zero-order valence-electron chi connectivity index (χ0n) is 8.30. The molecule has 0 aromatic heterocycles. The zero-order chi connectivity index (χ0) is 9.61. The van der Waals surface area contributed by atoms with Gasteiger partial charge in [-0.15, -0.1) is 0 Å². The van der Waals surface area contributed by atoms with Gasteiger partial charge in [0.15, 0.2) is 0 Å². The molecule has 0 atom stereocenters. The second-order valence-electron chi connectivity index (χ2n) is 4.43. The highest BCUT2D eigenvalue weighted by molar-refractivity contribution is 7.72. The van der Waals surface area contributed by atoms with Gasteiger partial charge >= 0.3 is 0 Å². The summed E-state index contributed by atoms with van der Waals surface area (Å²) in [4.78, 5) is 0. The van der Waals surface area contributed by atoms with E-state index in [-0.39, 0.29) is 0 Å². The first-order valence-corrected chi connectivity index (χ1v) is 5.90. The van der Waals surface area contributed by atoms with Crippen LogP contribution in [0.1, 0.15) is 46.5 Å². The van der Waals surface area contributed by atoms with Crippen LogP contribution in [0.3, 0.4) is 0 Å². The van der Waals surface area contributed by atoms with E-state index in [0.717, 1.165) is 19.3 Å². The molecule has 0 rings (SSSR count). The summed E-state index contributed by atoms with van der Waals surface area (Å²) in [5, 5.41) is 0. The molecule has 0 saturated carbocycles. The second-order valence-corrected chi connectivity index (χ2v) is 5.54. The van der Waals surface area contributed by atoms with Crippen molar-refractivity contribution in [1.82, 2.24) is 0 Å². The van der Waals surface area contributed by atoms with Gasteiger partial charge < -0.3 is 0 Å². The maximum absolute atomic E-state index is 10.2. The van der Waals surface area contributed by atoms with Crippen molar-refractivity contribution in [3.8, 4) is 0 Å². The van der Waals surface area contributed by atoms with E-state index in [1.165, 1.54) is 6.42 Å². The third kappa shape index (κ3) is 9.95. The first-order valence-electron chi connectivity index (χ1n) is 4.53. The highest BCUT2D eigenvalue weighted by atomic mass is 32.2. The average Bonchev–Trinajstić information content (AvgIpc) is 1.83. The largest absolute Gasteiger partial charge is 0.232 e.